The maximum atomic E-state index is 12.6. The van der Waals surface area contributed by atoms with Crippen molar-refractivity contribution in [2.24, 2.45) is 0 Å². The lowest BCUT2D eigenvalue weighted by molar-refractivity contribution is -0.0493. The van der Waals surface area contributed by atoms with Crippen LogP contribution < -0.4 is 14.8 Å². The molecule has 1 N–H and O–H groups in total. The van der Waals surface area contributed by atoms with Gasteiger partial charge in [-0.25, -0.2) is 0 Å². The van der Waals surface area contributed by atoms with Crippen molar-refractivity contribution >= 4 is 11.6 Å². The summed E-state index contributed by atoms with van der Waals surface area (Å²) in [5, 5.41) is 2.54. The molecule has 0 saturated heterocycles. The summed E-state index contributed by atoms with van der Waals surface area (Å²) >= 11 is 0. The highest BCUT2D eigenvalue weighted by Gasteiger charge is 2.16. The fourth-order valence-electron chi connectivity index (χ4n) is 2.66. The molecule has 0 aliphatic carbocycles. The van der Waals surface area contributed by atoms with Gasteiger partial charge in [0, 0.05) is 0 Å². The van der Waals surface area contributed by atoms with Crippen LogP contribution in [0.1, 0.15) is 33.0 Å². The normalized spacial score (nSPS) is 10.8. The molecule has 0 aliphatic rings. The van der Waals surface area contributed by atoms with Gasteiger partial charge >= 0.3 is 6.61 Å². The van der Waals surface area contributed by atoms with E-state index in [9.17, 15) is 13.6 Å². The van der Waals surface area contributed by atoms with Gasteiger partial charge in [-0.2, -0.15) is 8.78 Å². The van der Waals surface area contributed by atoms with Crippen molar-refractivity contribution in [3.8, 4) is 11.5 Å². The van der Waals surface area contributed by atoms with Crippen LogP contribution in [0.25, 0.3) is 0 Å². The summed E-state index contributed by atoms with van der Waals surface area (Å²) in [7, 11) is 0. The highest BCUT2D eigenvalue weighted by molar-refractivity contribution is 6.03. The number of carbonyl (C=O) groups excluding carboxylic acids is 1. The predicted molar refractivity (Wildman–Crippen MR) is 105 cm³/mol. The van der Waals surface area contributed by atoms with Gasteiger partial charge in [-0.3, -0.25) is 4.79 Å². The number of rotatable bonds is 7. The fourth-order valence-corrected chi connectivity index (χ4v) is 2.66. The van der Waals surface area contributed by atoms with Crippen LogP contribution in [0.2, 0.25) is 0 Å². The Labute approximate surface area is 167 Å². The summed E-state index contributed by atoms with van der Waals surface area (Å²) in [5.41, 5.74) is 3.20. The second kappa shape index (κ2) is 8.77. The number of carbonyl (C=O) groups is 1. The van der Waals surface area contributed by atoms with E-state index in [1.165, 1.54) is 17.7 Å². The zero-order valence-electron chi connectivity index (χ0n) is 16.3. The van der Waals surface area contributed by atoms with E-state index in [2.05, 4.69) is 10.1 Å². The highest BCUT2D eigenvalue weighted by atomic mass is 19.3. The Kier molecular flexibility index (Phi) is 6.16. The quantitative estimate of drug-likeness (QED) is 0.557. The van der Waals surface area contributed by atoms with Crippen LogP contribution in [0.15, 0.2) is 52.9 Å². The number of nitrogens with one attached hydrogen (secondary N) is 1. The Morgan fingerprint density at radius 2 is 1.83 bits per heavy atom. The standard InChI is InChI=1S/C22H21F2NO4/c1-13-4-8-19(29-22(23)24)18(10-13)25-21(26)20-9-7-17(28-20)12-27-16-6-5-14(2)15(3)11-16/h4-11,22H,12H2,1-3H3,(H,25,26). The Morgan fingerprint density at radius 3 is 2.55 bits per heavy atom. The van der Waals surface area contributed by atoms with Crippen LogP contribution in [0.4, 0.5) is 14.5 Å². The first-order chi connectivity index (χ1) is 13.8. The van der Waals surface area contributed by atoms with E-state index in [0.717, 1.165) is 11.1 Å². The molecule has 1 aromatic heterocycles. The van der Waals surface area contributed by atoms with Crippen molar-refractivity contribution in [3.05, 3.63) is 76.7 Å². The summed E-state index contributed by atoms with van der Waals surface area (Å²) < 4.78 is 40.8. The lowest BCUT2D eigenvalue weighted by Crippen LogP contribution is -2.13. The van der Waals surface area contributed by atoms with Crippen LogP contribution >= 0.6 is 0 Å². The number of hydrogen-bond donors (Lipinski definition) is 1. The zero-order valence-corrected chi connectivity index (χ0v) is 16.3. The van der Waals surface area contributed by atoms with Gasteiger partial charge in [-0.15, -0.1) is 0 Å². The first-order valence-electron chi connectivity index (χ1n) is 8.97. The van der Waals surface area contributed by atoms with Crippen LogP contribution in [-0.4, -0.2) is 12.5 Å². The van der Waals surface area contributed by atoms with Gasteiger partial charge in [0.25, 0.3) is 5.91 Å². The van der Waals surface area contributed by atoms with Gasteiger partial charge in [0.1, 0.15) is 23.9 Å². The number of furan rings is 1. The summed E-state index contributed by atoms with van der Waals surface area (Å²) in [6.45, 7) is 2.94. The number of alkyl halides is 2. The molecule has 3 rings (SSSR count). The van der Waals surface area contributed by atoms with Gasteiger partial charge in [0.05, 0.1) is 5.69 Å². The van der Waals surface area contributed by atoms with Crippen LogP contribution in [0.3, 0.4) is 0 Å². The molecular weight excluding hydrogens is 380 g/mol. The monoisotopic (exact) mass is 401 g/mol. The van der Waals surface area contributed by atoms with Crippen molar-refractivity contribution in [1.82, 2.24) is 0 Å². The molecule has 0 saturated carbocycles. The van der Waals surface area contributed by atoms with Crippen molar-refractivity contribution in [3.63, 3.8) is 0 Å². The van der Waals surface area contributed by atoms with Gasteiger partial charge < -0.3 is 19.2 Å². The third-order valence-electron chi connectivity index (χ3n) is 4.34. The smallest absolute Gasteiger partial charge is 0.387 e. The lowest BCUT2D eigenvalue weighted by atomic mass is 10.1. The molecule has 0 fully saturated rings. The van der Waals surface area contributed by atoms with E-state index in [1.54, 1.807) is 25.1 Å². The molecule has 0 aliphatic heterocycles. The maximum Gasteiger partial charge on any atom is 0.387 e. The Bertz CT molecular complexity index is 1010. The number of benzene rings is 2. The summed E-state index contributed by atoms with van der Waals surface area (Å²) in [6, 6.07) is 13.4. The summed E-state index contributed by atoms with van der Waals surface area (Å²) in [5.74, 6) is 0.495. The van der Waals surface area contributed by atoms with Gasteiger partial charge in [0.15, 0.2) is 5.76 Å². The molecule has 0 atom stereocenters. The minimum Gasteiger partial charge on any atom is -0.486 e. The first-order valence-corrected chi connectivity index (χ1v) is 8.97. The molecular formula is C22H21F2NO4. The van der Waals surface area contributed by atoms with Gasteiger partial charge in [-0.1, -0.05) is 12.1 Å². The Balaban J connectivity index is 1.66. The molecule has 0 bridgehead atoms. The molecule has 2 aromatic carbocycles. The number of aryl methyl sites for hydroxylation is 3. The Hall–Kier alpha value is -3.35. The molecule has 1 heterocycles. The zero-order chi connectivity index (χ0) is 21.0. The van der Waals surface area contributed by atoms with E-state index in [4.69, 9.17) is 9.15 Å². The molecule has 0 radical (unpaired) electrons. The average Bonchev–Trinajstić information content (AvgIpc) is 3.14. The number of ether oxygens (including phenoxy) is 2. The van der Waals surface area contributed by atoms with Crippen molar-refractivity contribution in [2.75, 3.05) is 5.32 Å². The SMILES string of the molecule is Cc1ccc(OC(F)F)c(NC(=O)c2ccc(COc3ccc(C)c(C)c3)o2)c1. The molecule has 0 spiro atoms. The second-order valence-electron chi connectivity index (χ2n) is 6.63. The first kappa shape index (κ1) is 20.4. The third-order valence-corrected chi connectivity index (χ3v) is 4.34. The van der Waals surface area contributed by atoms with Crippen molar-refractivity contribution < 1.29 is 27.5 Å². The number of amides is 1. The molecule has 29 heavy (non-hydrogen) atoms. The van der Waals surface area contributed by atoms with Crippen LogP contribution in [0.5, 0.6) is 11.5 Å². The lowest BCUT2D eigenvalue weighted by Gasteiger charge is -2.12. The number of halogens is 2. The number of hydrogen-bond acceptors (Lipinski definition) is 4. The predicted octanol–water partition coefficient (Wildman–Crippen LogP) is 5.64. The van der Waals surface area contributed by atoms with E-state index in [-0.39, 0.29) is 23.8 Å². The van der Waals surface area contributed by atoms with Crippen LogP contribution in [0, 0.1) is 20.8 Å². The largest absolute Gasteiger partial charge is 0.486 e. The van der Waals surface area contributed by atoms with E-state index in [0.29, 0.717) is 11.5 Å². The molecule has 1 amide bonds. The van der Waals surface area contributed by atoms with Gasteiger partial charge in [0.2, 0.25) is 0 Å². The third kappa shape index (κ3) is 5.34. The fraction of sp³-hybridized carbons (Fsp3) is 0.227. The van der Waals surface area contributed by atoms with E-state index >= 15 is 0 Å². The summed E-state index contributed by atoms with van der Waals surface area (Å²) in [4.78, 5) is 12.4. The topological polar surface area (TPSA) is 60.7 Å². The average molecular weight is 401 g/mol. The molecule has 3 aromatic rings. The molecule has 5 nitrogen and oxygen atoms in total. The molecule has 7 heteroatoms. The number of anilines is 1. The highest BCUT2D eigenvalue weighted by Crippen LogP contribution is 2.28. The van der Waals surface area contributed by atoms with E-state index in [1.807, 2.05) is 32.0 Å². The molecule has 0 unspecified atom stereocenters. The Morgan fingerprint density at radius 1 is 1.03 bits per heavy atom. The van der Waals surface area contributed by atoms with Crippen molar-refractivity contribution in [2.45, 2.75) is 34.0 Å². The minimum atomic E-state index is -2.99. The van der Waals surface area contributed by atoms with Crippen molar-refractivity contribution in [1.29, 1.82) is 0 Å². The van der Waals surface area contributed by atoms with E-state index < -0.39 is 12.5 Å². The van der Waals surface area contributed by atoms with Gasteiger partial charge in [-0.05, 0) is 73.9 Å². The maximum absolute atomic E-state index is 12.6. The van der Waals surface area contributed by atoms with Crippen LogP contribution in [-0.2, 0) is 6.61 Å². The summed E-state index contributed by atoms with van der Waals surface area (Å²) in [6.07, 6.45) is 0. The second-order valence-corrected chi connectivity index (χ2v) is 6.63. The minimum absolute atomic E-state index is 0.0354. The molecule has 152 valence electrons.